The monoisotopic (exact) mass is 356 g/mol. The molecule has 2 nitrogen and oxygen atoms in total. The van der Waals surface area contributed by atoms with E-state index in [0.29, 0.717) is 12.2 Å². The van der Waals surface area contributed by atoms with E-state index in [1.54, 1.807) is 0 Å². The van der Waals surface area contributed by atoms with Crippen LogP contribution in [-0.4, -0.2) is 5.97 Å². The average Bonchev–Trinajstić information content (AvgIpc) is 2.66. The molecule has 0 bridgehead atoms. The highest BCUT2D eigenvalue weighted by atomic mass is 16.5. The summed E-state index contributed by atoms with van der Waals surface area (Å²) >= 11 is 0. The van der Waals surface area contributed by atoms with Crippen LogP contribution in [0.3, 0.4) is 0 Å². The van der Waals surface area contributed by atoms with E-state index in [1.807, 2.05) is 12.1 Å². The minimum atomic E-state index is -0.112. The van der Waals surface area contributed by atoms with Gasteiger partial charge in [0.2, 0.25) is 0 Å². The molecule has 0 N–H and O–H groups in total. The maximum atomic E-state index is 11.9. The lowest BCUT2D eigenvalue weighted by Gasteiger charge is -2.24. The Morgan fingerprint density at radius 1 is 1.15 bits per heavy atom. The molecule has 1 aromatic carbocycles. The highest BCUT2D eigenvalue weighted by molar-refractivity contribution is 5.73. The van der Waals surface area contributed by atoms with Crippen molar-refractivity contribution in [2.75, 3.05) is 0 Å². The van der Waals surface area contributed by atoms with Crippen molar-refractivity contribution in [1.82, 2.24) is 0 Å². The average molecular weight is 357 g/mol. The summed E-state index contributed by atoms with van der Waals surface area (Å²) in [6, 6.07) is 8.07. The van der Waals surface area contributed by atoms with Crippen LogP contribution in [0, 0.1) is 11.8 Å². The van der Waals surface area contributed by atoms with E-state index in [2.05, 4.69) is 39.0 Å². The second-order valence-electron chi connectivity index (χ2n) is 7.93. The van der Waals surface area contributed by atoms with Crippen LogP contribution in [0.25, 0.3) is 5.57 Å². The van der Waals surface area contributed by atoms with Crippen molar-refractivity contribution in [3.63, 3.8) is 0 Å². The highest BCUT2D eigenvalue weighted by Gasteiger charge is 2.17. The summed E-state index contributed by atoms with van der Waals surface area (Å²) < 4.78 is 5.45. The molecular weight excluding hydrogens is 320 g/mol. The molecule has 0 heterocycles. The standard InChI is InChI=1S/C24H36O2/c1-4-6-7-8-9-24(25)26-23-16-14-22(15-17-23)21-12-10-20(11-13-21)18-19(3)5-2/h12,14-17,19-20H,4-11,13,18H2,1-3H3. The molecule has 0 fully saturated rings. The zero-order valence-electron chi connectivity index (χ0n) is 16.9. The van der Waals surface area contributed by atoms with Gasteiger partial charge in [-0.15, -0.1) is 0 Å². The molecular formula is C24H36O2. The molecule has 1 aromatic rings. The first kappa shape index (κ1) is 20.7. The molecule has 0 radical (unpaired) electrons. The van der Waals surface area contributed by atoms with Gasteiger partial charge in [0.05, 0.1) is 0 Å². The first-order valence-electron chi connectivity index (χ1n) is 10.6. The topological polar surface area (TPSA) is 26.3 Å². The number of unbranched alkanes of at least 4 members (excludes halogenated alkanes) is 3. The third-order valence-electron chi connectivity index (χ3n) is 5.64. The van der Waals surface area contributed by atoms with Crippen LogP contribution in [-0.2, 0) is 4.79 Å². The first-order valence-corrected chi connectivity index (χ1v) is 10.6. The zero-order chi connectivity index (χ0) is 18.8. The molecule has 1 aliphatic carbocycles. The van der Waals surface area contributed by atoms with Gasteiger partial charge in [0.15, 0.2) is 0 Å². The first-order chi connectivity index (χ1) is 12.6. The number of rotatable bonds is 10. The van der Waals surface area contributed by atoms with E-state index in [9.17, 15) is 4.79 Å². The molecule has 0 saturated heterocycles. The fourth-order valence-corrected chi connectivity index (χ4v) is 3.72. The summed E-state index contributed by atoms with van der Waals surface area (Å²) in [5.74, 6) is 2.24. The van der Waals surface area contributed by atoms with E-state index in [-0.39, 0.29) is 5.97 Å². The predicted molar refractivity (Wildman–Crippen MR) is 110 cm³/mol. The summed E-state index contributed by atoms with van der Waals surface area (Å²) in [6.07, 6.45) is 13.7. The number of allylic oxidation sites excluding steroid dienone is 2. The molecule has 0 spiro atoms. The summed E-state index contributed by atoms with van der Waals surface area (Å²) in [4.78, 5) is 11.9. The van der Waals surface area contributed by atoms with Crippen LogP contribution in [0.1, 0.15) is 90.5 Å². The summed E-state index contributed by atoms with van der Waals surface area (Å²) in [5.41, 5.74) is 2.72. The van der Waals surface area contributed by atoms with Crippen LogP contribution < -0.4 is 4.74 Å². The van der Waals surface area contributed by atoms with E-state index in [1.165, 1.54) is 49.7 Å². The lowest BCUT2D eigenvalue weighted by molar-refractivity contribution is -0.134. The van der Waals surface area contributed by atoms with Gasteiger partial charge >= 0.3 is 5.97 Å². The predicted octanol–water partition coefficient (Wildman–Crippen LogP) is 7.18. The van der Waals surface area contributed by atoms with Gasteiger partial charge in [-0.25, -0.2) is 0 Å². The second-order valence-corrected chi connectivity index (χ2v) is 7.93. The number of esters is 1. The summed E-state index contributed by atoms with van der Waals surface area (Å²) in [6.45, 7) is 6.82. The number of ether oxygens (including phenoxy) is 1. The van der Waals surface area contributed by atoms with Crippen molar-refractivity contribution in [1.29, 1.82) is 0 Å². The van der Waals surface area contributed by atoms with Crippen molar-refractivity contribution in [2.24, 2.45) is 11.8 Å². The number of benzene rings is 1. The summed E-state index contributed by atoms with van der Waals surface area (Å²) in [5, 5.41) is 0. The summed E-state index contributed by atoms with van der Waals surface area (Å²) in [7, 11) is 0. The number of carbonyl (C=O) groups excluding carboxylic acids is 1. The Morgan fingerprint density at radius 3 is 2.54 bits per heavy atom. The van der Waals surface area contributed by atoms with Gasteiger partial charge in [-0.3, -0.25) is 4.79 Å². The van der Waals surface area contributed by atoms with Gasteiger partial charge in [0, 0.05) is 6.42 Å². The van der Waals surface area contributed by atoms with E-state index in [4.69, 9.17) is 4.74 Å². The molecule has 2 rings (SSSR count). The number of carbonyl (C=O) groups is 1. The zero-order valence-corrected chi connectivity index (χ0v) is 16.9. The lowest BCUT2D eigenvalue weighted by atomic mass is 9.81. The van der Waals surface area contributed by atoms with Gasteiger partial charge < -0.3 is 4.74 Å². The van der Waals surface area contributed by atoms with Crippen LogP contribution in [0.4, 0.5) is 0 Å². The van der Waals surface area contributed by atoms with Gasteiger partial charge in [-0.1, -0.05) is 64.7 Å². The Morgan fingerprint density at radius 2 is 1.92 bits per heavy atom. The van der Waals surface area contributed by atoms with Crippen LogP contribution in [0.15, 0.2) is 30.3 Å². The molecule has 0 aliphatic heterocycles. The highest BCUT2D eigenvalue weighted by Crippen LogP contribution is 2.34. The van der Waals surface area contributed by atoms with Crippen LogP contribution in [0.2, 0.25) is 0 Å². The molecule has 2 unspecified atom stereocenters. The Kier molecular flexibility index (Phi) is 8.94. The van der Waals surface area contributed by atoms with Crippen LogP contribution >= 0.6 is 0 Å². The third-order valence-corrected chi connectivity index (χ3v) is 5.64. The van der Waals surface area contributed by atoms with Crippen molar-refractivity contribution >= 4 is 11.5 Å². The second kappa shape index (κ2) is 11.2. The SMILES string of the molecule is CCCCCCC(=O)Oc1ccc(C2=CCC(CC(C)CC)CC2)cc1. The Hall–Kier alpha value is -1.57. The Labute approximate surface area is 160 Å². The van der Waals surface area contributed by atoms with Gasteiger partial charge in [-0.2, -0.15) is 0 Å². The van der Waals surface area contributed by atoms with Crippen LogP contribution in [0.5, 0.6) is 5.75 Å². The number of hydrogen-bond donors (Lipinski definition) is 0. The van der Waals surface area contributed by atoms with Gasteiger partial charge in [0.1, 0.15) is 5.75 Å². The molecule has 144 valence electrons. The van der Waals surface area contributed by atoms with Crippen molar-refractivity contribution in [2.45, 2.75) is 85.0 Å². The normalized spacial score (nSPS) is 18.3. The lowest BCUT2D eigenvalue weighted by Crippen LogP contribution is -2.09. The molecule has 0 saturated carbocycles. The molecule has 2 heteroatoms. The molecule has 1 aliphatic rings. The maximum absolute atomic E-state index is 11.9. The fourth-order valence-electron chi connectivity index (χ4n) is 3.72. The molecule has 0 amide bonds. The smallest absolute Gasteiger partial charge is 0.311 e. The maximum Gasteiger partial charge on any atom is 0.311 e. The van der Waals surface area contributed by atoms with E-state index in [0.717, 1.165) is 31.1 Å². The minimum absolute atomic E-state index is 0.112. The Bertz CT molecular complexity index is 570. The third kappa shape index (κ3) is 6.97. The largest absolute Gasteiger partial charge is 0.427 e. The fraction of sp³-hybridized carbons (Fsp3) is 0.625. The van der Waals surface area contributed by atoms with E-state index >= 15 is 0 Å². The molecule has 2 atom stereocenters. The minimum Gasteiger partial charge on any atom is -0.427 e. The molecule has 26 heavy (non-hydrogen) atoms. The quantitative estimate of drug-likeness (QED) is 0.252. The van der Waals surface area contributed by atoms with Gasteiger partial charge in [-0.05, 0) is 67.2 Å². The van der Waals surface area contributed by atoms with E-state index < -0.39 is 0 Å². The molecule has 0 aromatic heterocycles. The van der Waals surface area contributed by atoms with Crippen molar-refractivity contribution in [3.05, 3.63) is 35.9 Å². The number of hydrogen-bond acceptors (Lipinski definition) is 2. The Balaban J connectivity index is 1.81. The van der Waals surface area contributed by atoms with Crippen molar-refractivity contribution in [3.8, 4) is 5.75 Å². The van der Waals surface area contributed by atoms with Gasteiger partial charge in [0.25, 0.3) is 0 Å². The van der Waals surface area contributed by atoms with Crippen molar-refractivity contribution < 1.29 is 9.53 Å².